The van der Waals surface area contributed by atoms with Gasteiger partial charge in [-0.2, -0.15) is 0 Å². The quantitative estimate of drug-likeness (QED) is 0.648. The van der Waals surface area contributed by atoms with Gasteiger partial charge in [0.15, 0.2) is 0 Å². The molecular weight excluding hydrogens is 304 g/mol. The van der Waals surface area contributed by atoms with E-state index in [9.17, 15) is 9.59 Å². The lowest BCUT2D eigenvalue weighted by Gasteiger charge is -2.24. The monoisotopic (exact) mass is 340 g/mol. The van der Waals surface area contributed by atoms with Crippen LogP contribution in [-0.4, -0.2) is 23.6 Å². The molecule has 0 rings (SSSR count). The van der Waals surface area contributed by atoms with Gasteiger partial charge in [-0.1, -0.05) is 46.6 Å². The SMILES string of the molecule is CCC/C=C(\CCC)NC(=O)[C@H](CC(C)C)NC(=O)OC(C)(C)C. The first-order chi connectivity index (χ1) is 11.1. The van der Waals surface area contributed by atoms with Crippen LogP contribution in [0, 0.1) is 5.92 Å². The Bertz CT molecular complexity index is 423. The minimum absolute atomic E-state index is 0.176. The molecule has 0 aromatic carbocycles. The number of rotatable bonds is 9. The third kappa shape index (κ3) is 11.1. The van der Waals surface area contributed by atoms with Crippen LogP contribution < -0.4 is 10.6 Å². The van der Waals surface area contributed by atoms with Crippen molar-refractivity contribution in [2.24, 2.45) is 5.92 Å². The van der Waals surface area contributed by atoms with E-state index < -0.39 is 17.7 Å². The second-order valence-corrected chi connectivity index (χ2v) is 7.59. The van der Waals surface area contributed by atoms with Crippen molar-refractivity contribution in [2.45, 2.75) is 92.2 Å². The number of hydrogen-bond acceptors (Lipinski definition) is 3. The van der Waals surface area contributed by atoms with Gasteiger partial charge in [0.1, 0.15) is 11.6 Å². The summed E-state index contributed by atoms with van der Waals surface area (Å²) in [6.07, 6.45) is 5.84. The number of carbonyl (C=O) groups excluding carboxylic acids is 2. The minimum atomic E-state index is -0.596. The number of carbonyl (C=O) groups is 2. The summed E-state index contributed by atoms with van der Waals surface area (Å²) in [5.41, 5.74) is 0.348. The molecule has 0 unspecified atom stereocenters. The highest BCUT2D eigenvalue weighted by molar-refractivity contribution is 5.86. The van der Waals surface area contributed by atoms with Crippen LogP contribution in [0.15, 0.2) is 11.8 Å². The Kier molecular flexibility index (Phi) is 10.4. The van der Waals surface area contributed by atoms with Crippen LogP contribution in [0.3, 0.4) is 0 Å². The van der Waals surface area contributed by atoms with Crippen LogP contribution in [-0.2, 0) is 9.53 Å². The lowest BCUT2D eigenvalue weighted by molar-refractivity contribution is -0.122. The number of ether oxygens (including phenoxy) is 1. The summed E-state index contributed by atoms with van der Waals surface area (Å²) in [6.45, 7) is 13.6. The Morgan fingerprint density at radius 1 is 1.12 bits per heavy atom. The van der Waals surface area contributed by atoms with Crippen molar-refractivity contribution in [3.05, 3.63) is 11.8 Å². The zero-order valence-electron chi connectivity index (χ0n) is 16.5. The molecule has 5 heteroatoms. The smallest absolute Gasteiger partial charge is 0.408 e. The molecule has 1 atom stereocenters. The van der Waals surface area contributed by atoms with Gasteiger partial charge in [-0.15, -0.1) is 0 Å². The molecule has 24 heavy (non-hydrogen) atoms. The second-order valence-electron chi connectivity index (χ2n) is 7.59. The molecule has 0 heterocycles. The van der Waals surface area contributed by atoms with Crippen molar-refractivity contribution in [1.82, 2.24) is 10.6 Å². The molecule has 0 aliphatic heterocycles. The summed E-state index contributed by atoms with van der Waals surface area (Å²) in [7, 11) is 0. The maximum atomic E-state index is 12.6. The average molecular weight is 341 g/mol. The Hall–Kier alpha value is -1.52. The van der Waals surface area contributed by atoms with Crippen LogP contribution >= 0.6 is 0 Å². The van der Waals surface area contributed by atoms with E-state index in [4.69, 9.17) is 4.74 Å². The maximum absolute atomic E-state index is 12.6. The third-order valence-corrected chi connectivity index (χ3v) is 3.20. The molecule has 0 aromatic heterocycles. The van der Waals surface area contributed by atoms with Crippen molar-refractivity contribution in [2.75, 3.05) is 0 Å². The zero-order valence-corrected chi connectivity index (χ0v) is 16.5. The van der Waals surface area contributed by atoms with Crippen molar-refractivity contribution >= 4 is 12.0 Å². The average Bonchev–Trinajstić information content (AvgIpc) is 2.41. The highest BCUT2D eigenvalue weighted by Gasteiger charge is 2.25. The van der Waals surface area contributed by atoms with Crippen LogP contribution in [0.2, 0.25) is 0 Å². The molecule has 2 N–H and O–H groups in total. The molecule has 0 aliphatic carbocycles. The van der Waals surface area contributed by atoms with E-state index in [2.05, 4.69) is 30.6 Å². The Labute approximate surface area is 147 Å². The van der Waals surface area contributed by atoms with Gasteiger partial charge in [0, 0.05) is 5.70 Å². The highest BCUT2D eigenvalue weighted by Crippen LogP contribution is 2.11. The van der Waals surface area contributed by atoms with Gasteiger partial charge in [-0.05, 0) is 46.0 Å². The van der Waals surface area contributed by atoms with Crippen LogP contribution in [0.4, 0.5) is 4.79 Å². The summed E-state index contributed by atoms with van der Waals surface area (Å²) < 4.78 is 5.27. The molecule has 0 spiro atoms. The molecule has 0 fully saturated rings. The van der Waals surface area contributed by atoms with Gasteiger partial charge < -0.3 is 15.4 Å². The number of unbranched alkanes of at least 4 members (excludes halogenated alkanes) is 1. The lowest BCUT2D eigenvalue weighted by Crippen LogP contribution is -2.48. The molecule has 0 saturated heterocycles. The van der Waals surface area contributed by atoms with Crippen molar-refractivity contribution in [3.8, 4) is 0 Å². The van der Waals surface area contributed by atoms with Crippen molar-refractivity contribution < 1.29 is 14.3 Å². The highest BCUT2D eigenvalue weighted by atomic mass is 16.6. The summed E-state index contributed by atoms with van der Waals surface area (Å²) in [6, 6.07) is -0.596. The molecule has 0 aliphatic rings. The van der Waals surface area contributed by atoms with E-state index in [0.29, 0.717) is 6.42 Å². The Balaban J connectivity index is 4.95. The predicted molar refractivity (Wildman–Crippen MR) is 98.7 cm³/mol. The van der Waals surface area contributed by atoms with Crippen LogP contribution in [0.5, 0.6) is 0 Å². The summed E-state index contributed by atoms with van der Waals surface area (Å²) in [4.78, 5) is 24.6. The van der Waals surface area contributed by atoms with Gasteiger partial charge >= 0.3 is 6.09 Å². The number of amides is 2. The maximum Gasteiger partial charge on any atom is 0.408 e. The molecule has 0 bridgehead atoms. The molecule has 0 saturated carbocycles. The zero-order chi connectivity index (χ0) is 18.8. The number of allylic oxidation sites excluding steroid dienone is 2. The first-order valence-corrected chi connectivity index (χ1v) is 9.08. The first-order valence-electron chi connectivity index (χ1n) is 9.08. The minimum Gasteiger partial charge on any atom is -0.444 e. The van der Waals surface area contributed by atoms with Gasteiger partial charge in [0.25, 0.3) is 0 Å². The summed E-state index contributed by atoms with van der Waals surface area (Å²) in [5.74, 6) is 0.107. The largest absolute Gasteiger partial charge is 0.444 e. The molecule has 0 aromatic rings. The Morgan fingerprint density at radius 2 is 1.75 bits per heavy atom. The standard InChI is InChI=1S/C19H36N2O3/c1-8-10-12-15(11-9-2)20-17(22)16(13-14(3)4)21-18(23)24-19(5,6)7/h12,14,16H,8-11,13H2,1-7H3,(H,20,22)(H,21,23)/b15-12+/t16-/m0/s1. The van der Waals surface area contributed by atoms with Crippen LogP contribution in [0.25, 0.3) is 0 Å². The fourth-order valence-electron chi connectivity index (χ4n) is 2.20. The van der Waals surface area contributed by atoms with E-state index in [1.807, 2.05) is 13.8 Å². The molecule has 140 valence electrons. The molecule has 2 amide bonds. The fraction of sp³-hybridized carbons (Fsp3) is 0.789. The van der Waals surface area contributed by atoms with Gasteiger partial charge in [0.05, 0.1) is 0 Å². The lowest BCUT2D eigenvalue weighted by atomic mass is 10.0. The number of nitrogens with one attached hydrogen (secondary N) is 2. The summed E-state index contributed by atoms with van der Waals surface area (Å²) in [5, 5.41) is 5.69. The van der Waals surface area contributed by atoms with Crippen molar-refractivity contribution in [1.29, 1.82) is 0 Å². The van der Waals surface area contributed by atoms with E-state index >= 15 is 0 Å². The number of hydrogen-bond donors (Lipinski definition) is 2. The van der Waals surface area contributed by atoms with E-state index in [0.717, 1.165) is 31.4 Å². The molecular formula is C19H36N2O3. The normalized spacial score (nSPS) is 13.6. The van der Waals surface area contributed by atoms with Crippen molar-refractivity contribution in [3.63, 3.8) is 0 Å². The van der Waals surface area contributed by atoms with E-state index in [1.54, 1.807) is 20.8 Å². The molecule has 5 nitrogen and oxygen atoms in total. The third-order valence-electron chi connectivity index (χ3n) is 3.20. The molecule has 0 radical (unpaired) electrons. The van der Waals surface area contributed by atoms with Crippen LogP contribution in [0.1, 0.15) is 80.6 Å². The predicted octanol–water partition coefficient (Wildman–Crippen LogP) is 4.53. The first kappa shape index (κ1) is 22.5. The van der Waals surface area contributed by atoms with E-state index in [1.165, 1.54) is 0 Å². The Morgan fingerprint density at radius 3 is 2.21 bits per heavy atom. The topological polar surface area (TPSA) is 67.4 Å². The van der Waals surface area contributed by atoms with Gasteiger partial charge in [-0.3, -0.25) is 4.79 Å². The summed E-state index contributed by atoms with van der Waals surface area (Å²) >= 11 is 0. The number of alkyl carbamates (subject to hydrolysis) is 1. The van der Waals surface area contributed by atoms with Gasteiger partial charge in [-0.25, -0.2) is 4.79 Å². The van der Waals surface area contributed by atoms with E-state index in [-0.39, 0.29) is 11.8 Å². The second kappa shape index (κ2) is 11.1. The fourth-order valence-corrected chi connectivity index (χ4v) is 2.20. The van der Waals surface area contributed by atoms with Gasteiger partial charge in [0.2, 0.25) is 5.91 Å².